The Kier molecular flexibility index (Phi) is 7.32. The van der Waals surface area contributed by atoms with Gasteiger partial charge in [0, 0.05) is 31.7 Å². The number of thiophene rings is 1. The van der Waals surface area contributed by atoms with Crippen molar-refractivity contribution in [1.29, 1.82) is 0 Å². The zero-order valence-corrected chi connectivity index (χ0v) is 20.7. The van der Waals surface area contributed by atoms with Crippen LogP contribution in [-0.2, 0) is 14.6 Å². The normalized spacial score (nSPS) is 14.9. The number of amides is 3. The largest absolute Gasteiger partial charge is 0.336 e. The van der Waals surface area contributed by atoms with Crippen molar-refractivity contribution in [2.75, 3.05) is 26.2 Å². The van der Waals surface area contributed by atoms with Gasteiger partial charge in [-0.3, -0.25) is 14.4 Å². The van der Waals surface area contributed by atoms with Crippen LogP contribution in [0.5, 0.6) is 0 Å². The van der Waals surface area contributed by atoms with Crippen molar-refractivity contribution in [1.82, 2.24) is 15.1 Å². The average molecular weight is 512 g/mol. The predicted octanol–water partition coefficient (Wildman–Crippen LogP) is 2.57. The number of aryl methyl sites for hydroxylation is 1. The lowest BCUT2D eigenvalue weighted by Crippen LogP contribution is -2.57. The van der Waals surface area contributed by atoms with E-state index in [1.807, 2.05) is 13.0 Å². The van der Waals surface area contributed by atoms with Crippen LogP contribution in [0.15, 0.2) is 77.0 Å². The third-order valence-electron chi connectivity index (χ3n) is 5.79. The molecule has 2 aromatic carbocycles. The molecule has 1 aromatic heterocycles. The number of piperazine rings is 1. The van der Waals surface area contributed by atoms with E-state index in [1.165, 1.54) is 17.0 Å². The van der Waals surface area contributed by atoms with Crippen LogP contribution in [-0.4, -0.2) is 67.5 Å². The van der Waals surface area contributed by atoms with E-state index < -0.39 is 27.0 Å². The second-order valence-electron chi connectivity index (χ2n) is 8.17. The third kappa shape index (κ3) is 5.44. The molecule has 8 nitrogen and oxygen atoms in total. The van der Waals surface area contributed by atoms with Gasteiger partial charge < -0.3 is 15.1 Å². The Morgan fingerprint density at radius 1 is 0.857 bits per heavy atom. The van der Waals surface area contributed by atoms with Crippen LogP contribution < -0.4 is 5.32 Å². The molecule has 3 amide bonds. The van der Waals surface area contributed by atoms with Crippen LogP contribution in [0.4, 0.5) is 0 Å². The molecular weight excluding hydrogens is 486 g/mol. The first-order chi connectivity index (χ1) is 16.8. The van der Waals surface area contributed by atoms with E-state index >= 15 is 0 Å². The topological polar surface area (TPSA) is 104 Å². The molecule has 4 rings (SSSR count). The maximum atomic E-state index is 13.5. The number of hydrogen-bond donors (Lipinski definition) is 1. The van der Waals surface area contributed by atoms with Gasteiger partial charge in [0.15, 0.2) is 0 Å². The number of rotatable bonds is 6. The van der Waals surface area contributed by atoms with E-state index in [1.54, 1.807) is 58.8 Å². The summed E-state index contributed by atoms with van der Waals surface area (Å²) in [4.78, 5) is 42.2. The highest BCUT2D eigenvalue weighted by Crippen LogP contribution is 2.20. The van der Waals surface area contributed by atoms with Crippen LogP contribution in [0.1, 0.15) is 25.6 Å². The van der Waals surface area contributed by atoms with Crippen molar-refractivity contribution < 1.29 is 22.8 Å². The maximum absolute atomic E-state index is 13.5. The maximum Gasteiger partial charge on any atom is 0.262 e. The predicted molar refractivity (Wildman–Crippen MR) is 133 cm³/mol. The van der Waals surface area contributed by atoms with Crippen molar-refractivity contribution in [2.24, 2.45) is 0 Å². The van der Waals surface area contributed by atoms with E-state index in [9.17, 15) is 22.8 Å². The number of hydrogen-bond acceptors (Lipinski definition) is 6. The number of nitrogens with zero attached hydrogens (tertiary/aromatic N) is 2. The Bertz CT molecular complexity index is 1300. The number of nitrogens with one attached hydrogen (secondary N) is 1. The highest BCUT2D eigenvalue weighted by molar-refractivity contribution is 7.92. The number of benzene rings is 2. The van der Waals surface area contributed by atoms with E-state index in [0.717, 1.165) is 16.9 Å². The highest BCUT2D eigenvalue weighted by atomic mass is 32.2. The molecule has 0 aliphatic carbocycles. The second-order valence-corrected chi connectivity index (χ2v) is 11.2. The van der Waals surface area contributed by atoms with Gasteiger partial charge in [0.2, 0.25) is 15.2 Å². The first-order valence-corrected chi connectivity index (χ1v) is 13.5. The number of sulfone groups is 1. The van der Waals surface area contributed by atoms with Crippen LogP contribution >= 0.6 is 11.3 Å². The molecule has 1 atom stereocenters. The molecule has 35 heavy (non-hydrogen) atoms. The Morgan fingerprint density at radius 2 is 1.49 bits per heavy atom. The number of carbonyl (C=O) groups excluding carboxylic acids is 3. The minimum Gasteiger partial charge on any atom is -0.336 e. The van der Waals surface area contributed by atoms with E-state index in [-0.39, 0.29) is 37.0 Å². The Labute approximate surface area is 208 Å². The lowest BCUT2D eigenvalue weighted by Gasteiger charge is -2.36. The van der Waals surface area contributed by atoms with Gasteiger partial charge in [-0.2, -0.15) is 0 Å². The fourth-order valence-corrected chi connectivity index (χ4v) is 5.88. The summed E-state index contributed by atoms with van der Waals surface area (Å²) in [7, 11) is -4.22. The monoisotopic (exact) mass is 511 g/mol. The van der Waals surface area contributed by atoms with Crippen molar-refractivity contribution in [3.8, 4) is 0 Å². The van der Waals surface area contributed by atoms with E-state index in [0.29, 0.717) is 10.4 Å². The van der Waals surface area contributed by atoms with Gasteiger partial charge in [0.1, 0.15) is 0 Å². The minimum absolute atomic E-state index is 0.0502. The fraction of sp³-hybridized carbons (Fsp3) is 0.240. The fourth-order valence-electron chi connectivity index (χ4n) is 3.79. The van der Waals surface area contributed by atoms with Gasteiger partial charge in [0.25, 0.3) is 17.7 Å². The van der Waals surface area contributed by atoms with Crippen molar-refractivity contribution >= 4 is 38.9 Å². The van der Waals surface area contributed by atoms with Crippen LogP contribution in [0.25, 0.3) is 0 Å². The summed E-state index contributed by atoms with van der Waals surface area (Å²) in [6, 6.07) is 18.2. The summed E-state index contributed by atoms with van der Waals surface area (Å²) in [5.41, 5.74) is 1.42. The Hall–Kier alpha value is -3.50. The molecule has 1 fully saturated rings. The lowest BCUT2D eigenvalue weighted by atomic mass is 10.2. The summed E-state index contributed by atoms with van der Waals surface area (Å²) >= 11 is 1.15. The summed E-state index contributed by atoms with van der Waals surface area (Å²) in [5.74, 6) is -1.50. The molecule has 0 spiro atoms. The van der Waals surface area contributed by atoms with Gasteiger partial charge in [-0.1, -0.05) is 42.0 Å². The highest BCUT2D eigenvalue weighted by Gasteiger charge is 2.39. The summed E-state index contributed by atoms with van der Waals surface area (Å²) < 4.78 is 26.9. The molecule has 0 bridgehead atoms. The summed E-state index contributed by atoms with van der Waals surface area (Å²) in [6.45, 7) is 2.66. The molecule has 0 radical (unpaired) electrons. The van der Waals surface area contributed by atoms with Crippen molar-refractivity contribution in [2.45, 2.75) is 17.2 Å². The molecule has 1 unspecified atom stereocenters. The smallest absolute Gasteiger partial charge is 0.262 e. The van der Waals surface area contributed by atoms with Gasteiger partial charge >= 0.3 is 0 Å². The standard InChI is InChI=1S/C25H25N3O5S2/c1-18-9-11-20(12-10-18)35(32,33)23(26-22(29)21-8-5-17-34-21)25(31)28-15-13-27(14-16-28)24(30)19-6-3-2-4-7-19/h2-12,17,23H,13-16H2,1H3,(H,26,29). The molecule has 2 heterocycles. The van der Waals surface area contributed by atoms with E-state index in [2.05, 4.69) is 5.32 Å². The summed E-state index contributed by atoms with van der Waals surface area (Å²) in [6.07, 6.45) is 0. The zero-order chi connectivity index (χ0) is 25.0. The first-order valence-electron chi connectivity index (χ1n) is 11.1. The van der Waals surface area contributed by atoms with Gasteiger partial charge in [0.05, 0.1) is 9.77 Å². The van der Waals surface area contributed by atoms with Crippen LogP contribution in [0, 0.1) is 6.92 Å². The molecule has 10 heteroatoms. The molecule has 1 aliphatic rings. The van der Waals surface area contributed by atoms with Gasteiger partial charge in [-0.05, 0) is 42.6 Å². The zero-order valence-electron chi connectivity index (χ0n) is 19.1. The quantitative estimate of drug-likeness (QED) is 0.548. The average Bonchev–Trinajstić information content (AvgIpc) is 3.42. The molecule has 1 saturated heterocycles. The van der Waals surface area contributed by atoms with Crippen molar-refractivity contribution in [3.05, 3.63) is 88.1 Å². The van der Waals surface area contributed by atoms with E-state index in [4.69, 9.17) is 0 Å². The van der Waals surface area contributed by atoms with Gasteiger partial charge in [-0.15, -0.1) is 11.3 Å². The molecular formula is C25H25N3O5S2. The molecule has 3 aromatic rings. The van der Waals surface area contributed by atoms with Gasteiger partial charge in [-0.25, -0.2) is 8.42 Å². The Balaban J connectivity index is 1.54. The first kappa shape index (κ1) is 24.6. The molecule has 1 aliphatic heterocycles. The second kappa shape index (κ2) is 10.4. The van der Waals surface area contributed by atoms with Crippen LogP contribution in [0.2, 0.25) is 0 Å². The third-order valence-corrected chi connectivity index (χ3v) is 8.53. The molecule has 182 valence electrons. The lowest BCUT2D eigenvalue weighted by molar-refractivity contribution is -0.132. The van der Waals surface area contributed by atoms with Crippen LogP contribution in [0.3, 0.4) is 0 Å². The minimum atomic E-state index is -4.22. The SMILES string of the molecule is Cc1ccc(S(=O)(=O)C(NC(=O)c2cccs2)C(=O)N2CCN(C(=O)c3ccccc3)CC2)cc1. The van der Waals surface area contributed by atoms with Crippen molar-refractivity contribution in [3.63, 3.8) is 0 Å². The Morgan fingerprint density at radius 3 is 2.09 bits per heavy atom. The number of carbonyl (C=O) groups is 3. The molecule has 1 N–H and O–H groups in total. The molecule has 0 saturated carbocycles. The summed E-state index contributed by atoms with van der Waals surface area (Å²) in [5, 5.41) is 2.36.